The van der Waals surface area contributed by atoms with Crippen molar-refractivity contribution in [2.24, 2.45) is 10.8 Å². The van der Waals surface area contributed by atoms with Crippen molar-refractivity contribution in [1.29, 1.82) is 0 Å². The van der Waals surface area contributed by atoms with E-state index in [0.29, 0.717) is 17.2 Å². The largest absolute Gasteiger partial charge is 0.573 e. The van der Waals surface area contributed by atoms with Crippen LogP contribution >= 0.6 is 0 Å². The third-order valence-corrected chi connectivity index (χ3v) is 7.44. The van der Waals surface area contributed by atoms with Crippen molar-refractivity contribution in [3.8, 4) is 5.75 Å². The summed E-state index contributed by atoms with van der Waals surface area (Å²) in [7, 11) is -3.41. The van der Waals surface area contributed by atoms with E-state index in [1.165, 1.54) is 24.3 Å². The molecule has 0 saturated heterocycles. The molecule has 190 valence electrons. The minimum Gasteiger partial charge on any atom is -0.406 e. The highest BCUT2D eigenvalue weighted by Gasteiger charge is 2.40. The molecule has 1 fully saturated rings. The molecular formula is C25H30F3N3O3S. The van der Waals surface area contributed by atoms with Crippen LogP contribution in [0.1, 0.15) is 53.0 Å². The van der Waals surface area contributed by atoms with Crippen LogP contribution in [-0.4, -0.2) is 30.6 Å². The van der Waals surface area contributed by atoms with E-state index in [9.17, 15) is 21.6 Å². The van der Waals surface area contributed by atoms with Crippen LogP contribution in [0.5, 0.6) is 5.75 Å². The molecule has 0 atom stereocenters. The Hall–Kier alpha value is -2.75. The minimum atomic E-state index is -4.76. The first-order chi connectivity index (χ1) is 16.0. The second-order valence-electron chi connectivity index (χ2n) is 11.0. The molecule has 35 heavy (non-hydrogen) atoms. The van der Waals surface area contributed by atoms with Gasteiger partial charge in [0.05, 0.1) is 15.9 Å². The number of imidazole rings is 1. The first-order valence-corrected chi connectivity index (χ1v) is 13.3. The molecule has 1 saturated carbocycles. The molecule has 1 heterocycles. The summed E-state index contributed by atoms with van der Waals surface area (Å²) in [4.78, 5) is 4.89. The average Bonchev–Trinajstić information content (AvgIpc) is 3.02. The van der Waals surface area contributed by atoms with Crippen LogP contribution in [0.3, 0.4) is 0 Å². The van der Waals surface area contributed by atoms with Gasteiger partial charge < -0.3 is 14.6 Å². The summed E-state index contributed by atoms with van der Waals surface area (Å²) in [5.74, 6) is 0.193. The number of ether oxygens (including phenoxy) is 1. The van der Waals surface area contributed by atoms with Crippen LogP contribution in [0.4, 0.5) is 24.8 Å². The zero-order valence-electron chi connectivity index (χ0n) is 20.4. The Bertz CT molecular complexity index is 1330. The lowest BCUT2D eigenvalue weighted by Gasteiger charge is -2.45. The number of hydrogen-bond acceptors (Lipinski definition) is 5. The highest BCUT2D eigenvalue weighted by molar-refractivity contribution is 7.90. The number of rotatable bonds is 5. The SMILES string of the molecule is CC1(C)CC(n2c(Nc3ccc(OC(F)(F)F)cc3)nc3cc(S(C)(=O)=O)ccc32)CC(C)(C)C1. The molecular weight excluding hydrogens is 479 g/mol. The number of nitrogens with one attached hydrogen (secondary N) is 1. The van der Waals surface area contributed by atoms with Gasteiger partial charge in [0, 0.05) is 18.0 Å². The van der Waals surface area contributed by atoms with Crippen LogP contribution in [0.15, 0.2) is 47.4 Å². The average molecular weight is 510 g/mol. The van der Waals surface area contributed by atoms with Gasteiger partial charge in [0.25, 0.3) is 0 Å². The topological polar surface area (TPSA) is 73.2 Å². The summed E-state index contributed by atoms with van der Waals surface area (Å²) in [5.41, 5.74) is 2.05. The van der Waals surface area contributed by atoms with Crippen LogP contribution in [-0.2, 0) is 9.84 Å². The Balaban J connectivity index is 1.78. The number of alkyl halides is 3. The molecule has 0 radical (unpaired) electrons. The van der Waals surface area contributed by atoms with Crippen LogP contribution in [0.2, 0.25) is 0 Å². The smallest absolute Gasteiger partial charge is 0.406 e. The number of benzene rings is 2. The Morgan fingerprint density at radius 2 is 1.63 bits per heavy atom. The van der Waals surface area contributed by atoms with E-state index in [4.69, 9.17) is 4.98 Å². The Morgan fingerprint density at radius 3 is 2.17 bits per heavy atom. The number of halogens is 3. The predicted molar refractivity (Wildman–Crippen MR) is 130 cm³/mol. The number of nitrogens with zero attached hydrogens (tertiary/aromatic N) is 2. The number of fused-ring (bicyclic) bond motifs is 1. The standard InChI is InChI=1S/C25H30F3N3O3S/c1-23(2)13-17(14-24(3,4)15-23)31-21-11-10-19(35(5,32)33)12-20(21)30-22(31)29-16-6-8-18(9-7-16)34-25(26,27)28/h6-12,17H,13-15H2,1-5H3,(H,29,30). The van der Waals surface area contributed by atoms with E-state index >= 15 is 0 Å². The minimum absolute atomic E-state index is 0.0869. The van der Waals surface area contributed by atoms with Gasteiger partial charge in [-0.2, -0.15) is 0 Å². The molecule has 1 aromatic heterocycles. The van der Waals surface area contributed by atoms with Gasteiger partial charge in [-0.3, -0.25) is 0 Å². The van der Waals surface area contributed by atoms with Gasteiger partial charge in [-0.25, -0.2) is 13.4 Å². The van der Waals surface area contributed by atoms with Gasteiger partial charge >= 0.3 is 6.36 Å². The lowest BCUT2D eigenvalue weighted by atomic mass is 9.63. The van der Waals surface area contributed by atoms with Crippen LogP contribution < -0.4 is 10.1 Å². The van der Waals surface area contributed by atoms with Crippen molar-refractivity contribution in [2.45, 2.75) is 64.3 Å². The van der Waals surface area contributed by atoms with Gasteiger partial charge in [0.1, 0.15) is 5.75 Å². The third kappa shape index (κ3) is 5.91. The summed E-state index contributed by atoms with van der Waals surface area (Å²) in [6.45, 7) is 8.98. The summed E-state index contributed by atoms with van der Waals surface area (Å²) in [5, 5.41) is 3.23. The summed E-state index contributed by atoms with van der Waals surface area (Å²) < 4.78 is 67.8. The first-order valence-electron chi connectivity index (χ1n) is 11.4. The fourth-order valence-corrected chi connectivity index (χ4v) is 6.25. The molecule has 0 aliphatic heterocycles. The van der Waals surface area contributed by atoms with Crippen molar-refractivity contribution < 1.29 is 26.3 Å². The van der Waals surface area contributed by atoms with Gasteiger partial charge in [-0.1, -0.05) is 27.7 Å². The number of aromatic nitrogens is 2. The van der Waals surface area contributed by atoms with E-state index in [1.807, 2.05) is 0 Å². The first kappa shape index (κ1) is 25.3. The lowest BCUT2D eigenvalue weighted by Crippen LogP contribution is -2.35. The molecule has 0 unspecified atom stereocenters. The van der Waals surface area contributed by atoms with Gasteiger partial charge in [0.2, 0.25) is 5.95 Å². The Labute approximate surface area is 203 Å². The number of hydrogen-bond donors (Lipinski definition) is 1. The highest BCUT2D eigenvalue weighted by atomic mass is 32.2. The third-order valence-electron chi connectivity index (χ3n) is 6.33. The fraction of sp³-hybridized carbons (Fsp3) is 0.480. The molecule has 1 aliphatic carbocycles. The monoisotopic (exact) mass is 509 g/mol. The molecule has 0 spiro atoms. The molecule has 10 heteroatoms. The maximum atomic E-state index is 12.5. The Morgan fingerprint density at radius 1 is 1.03 bits per heavy atom. The zero-order chi connectivity index (χ0) is 25.8. The summed E-state index contributed by atoms with van der Waals surface area (Å²) in [6.07, 6.45) is -0.724. The molecule has 0 bridgehead atoms. The maximum Gasteiger partial charge on any atom is 0.573 e. The summed E-state index contributed by atoms with van der Waals surface area (Å²) >= 11 is 0. The van der Waals surface area contributed by atoms with Crippen molar-refractivity contribution in [1.82, 2.24) is 9.55 Å². The predicted octanol–water partition coefficient (Wildman–Crippen LogP) is 6.86. The van der Waals surface area contributed by atoms with Gasteiger partial charge in [-0.15, -0.1) is 13.2 Å². The second kappa shape index (κ2) is 8.43. The molecule has 1 N–H and O–H groups in total. The zero-order valence-corrected chi connectivity index (χ0v) is 21.2. The van der Waals surface area contributed by atoms with Gasteiger partial charge in [0.15, 0.2) is 9.84 Å². The van der Waals surface area contributed by atoms with Gasteiger partial charge in [-0.05, 0) is 72.6 Å². The second-order valence-corrected chi connectivity index (χ2v) is 13.0. The lowest BCUT2D eigenvalue weighted by molar-refractivity contribution is -0.274. The number of sulfone groups is 1. The normalized spacial score (nSPS) is 18.5. The van der Waals surface area contributed by atoms with E-state index in [0.717, 1.165) is 31.0 Å². The van der Waals surface area contributed by atoms with Crippen molar-refractivity contribution >= 4 is 32.5 Å². The van der Waals surface area contributed by atoms with Crippen molar-refractivity contribution in [3.05, 3.63) is 42.5 Å². The molecule has 0 amide bonds. The van der Waals surface area contributed by atoms with E-state index in [-0.39, 0.29) is 27.5 Å². The molecule has 6 nitrogen and oxygen atoms in total. The highest BCUT2D eigenvalue weighted by Crippen LogP contribution is 2.51. The van der Waals surface area contributed by atoms with E-state index in [1.54, 1.807) is 18.2 Å². The summed E-state index contributed by atoms with van der Waals surface area (Å²) in [6, 6.07) is 10.5. The van der Waals surface area contributed by atoms with Crippen molar-refractivity contribution in [2.75, 3.05) is 11.6 Å². The van der Waals surface area contributed by atoms with E-state index in [2.05, 4.69) is 42.3 Å². The van der Waals surface area contributed by atoms with Crippen LogP contribution in [0.25, 0.3) is 11.0 Å². The molecule has 2 aromatic carbocycles. The Kier molecular flexibility index (Phi) is 6.10. The molecule has 4 rings (SSSR count). The van der Waals surface area contributed by atoms with E-state index < -0.39 is 16.2 Å². The maximum absolute atomic E-state index is 12.5. The fourth-order valence-electron chi connectivity index (χ4n) is 5.61. The number of anilines is 2. The molecule has 3 aromatic rings. The van der Waals surface area contributed by atoms with Crippen LogP contribution in [0, 0.1) is 10.8 Å². The molecule has 1 aliphatic rings. The van der Waals surface area contributed by atoms with Crippen molar-refractivity contribution in [3.63, 3.8) is 0 Å². The quantitative estimate of drug-likeness (QED) is 0.407.